The van der Waals surface area contributed by atoms with E-state index in [2.05, 4.69) is 15.0 Å². The Labute approximate surface area is 233 Å². The summed E-state index contributed by atoms with van der Waals surface area (Å²) in [5, 5.41) is 0. The van der Waals surface area contributed by atoms with Crippen LogP contribution < -0.4 is 26.8 Å². The van der Waals surface area contributed by atoms with Crippen molar-refractivity contribution in [2.24, 2.45) is 0 Å². The number of nitrogens with zero attached hydrogens (tertiary/aromatic N) is 5. The molecular weight excluding hydrogens is 615 g/mol. The quantitative estimate of drug-likeness (QED) is 0.300. The molecule has 0 aromatic carbocycles. The zero-order valence-electron chi connectivity index (χ0n) is 20.5. The van der Waals surface area contributed by atoms with Crippen molar-refractivity contribution < 1.29 is 46.3 Å². The molecule has 2 unspecified atom stereocenters. The molecule has 3 aliphatic heterocycles. The second kappa shape index (κ2) is 10.7. The summed E-state index contributed by atoms with van der Waals surface area (Å²) in [5.74, 6) is 0.0720. The van der Waals surface area contributed by atoms with Crippen LogP contribution in [0.4, 0.5) is 10.2 Å². The molecule has 0 amide bonds. The van der Waals surface area contributed by atoms with E-state index < -0.39 is 82.0 Å². The molecule has 0 radical (unpaired) electrons. The van der Waals surface area contributed by atoms with Crippen LogP contribution in [0.25, 0.3) is 11.2 Å². The van der Waals surface area contributed by atoms with Gasteiger partial charge in [-0.1, -0.05) is 11.8 Å². The number of fused-ring (bicyclic) bond motifs is 5. The van der Waals surface area contributed by atoms with E-state index in [0.29, 0.717) is 0 Å². The number of hydrogen-bond donors (Lipinski definition) is 2. The fourth-order valence-electron chi connectivity index (χ4n) is 4.73. The number of aromatic nitrogens is 6. The van der Waals surface area contributed by atoms with Crippen molar-refractivity contribution in [3.05, 3.63) is 45.8 Å². The molecule has 222 valence electrons. The Bertz CT molecular complexity index is 1690. The molecule has 9 atom stereocenters. The van der Waals surface area contributed by atoms with Gasteiger partial charge in [0.1, 0.15) is 36.9 Å². The van der Waals surface area contributed by atoms with Gasteiger partial charge in [-0.25, -0.2) is 24.1 Å². The van der Waals surface area contributed by atoms with E-state index in [9.17, 15) is 23.9 Å². The third-order valence-electron chi connectivity index (χ3n) is 6.53. The average molecular weight is 635 g/mol. The molecule has 0 saturated carbocycles. The van der Waals surface area contributed by atoms with Crippen LogP contribution in [0.1, 0.15) is 18.9 Å². The number of rotatable bonds is 2. The van der Waals surface area contributed by atoms with Gasteiger partial charge < -0.3 is 43.1 Å². The van der Waals surface area contributed by atoms with Crippen molar-refractivity contribution in [1.29, 1.82) is 0 Å². The van der Waals surface area contributed by atoms with Crippen LogP contribution in [-0.2, 0) is 43.9 Å². The molecule has 18 nitrogen and oxygen atoms in total. The van der Waals surface area contributed by atoms with Gasteiger partial charge >= 0.3 is 5.69 Å². The zero-order chi connectivity index (χ0) is 29.1. The van der Waals surface area contributed by atoms with Crippen molar-refractivity contribution >= 4 is 43.3 Å². The highest BCUT2D eigenvalue weighted by molar-refractivity contribution is 8.06. The van der Waals surface area contributed by atoms with E-state index >= 15 is 4.39 Å². The lowest BCUT2D eigenvalue weighted by Crippen LogP contribution is -2.38. The first-order chi connectivity index (χ1) is 19.4. The number of H-pyrrole nitrogens is 1. The highest BCUT2D eigenvalue weighted by Gasteiger charge is 2.50. The summed E-state index contributed by atoms with van der Waals surface area (Å²) in [6, 6.07) is 0.958. The number of nitrogens with two attached hydrogens (primary N) is 1. The number of anilines is 1. The summed E-state index contributed by atoms with van der Waals surface area (Å²) in [6.07, 6.45) is -7.28. The Morgan fingerprint density at radius 2 is 1.88 bits per heavy atom. The number of phosphoric ester groups is 1. The zero-order valence-corrected chi connectivity index (χ0v) is 23.1. The first-order valence-electron chi connectivity index (χ1n) is 11.9. The van der Waals surface area contributed by atoms with Crippen LogP contribution in [-0.4, -0.2) is 72.9 Å². The Kier molecular flexibility index (Phi) is 7.44. The molecule has 3 aromatic heterocycles. The van der Waals surface area contributed by atoms with Crippen LogP contribution in [0, 0.1) is 0 Å². The smallest absolute Gasteiger partial charge is 0.330 e. The van der Waals surface area contributed by atoms with Crippen LogP contribution in [0.15, 0.2) is 34.5 Å². The van der Waals surface area contributed by atoms with E-state index in [0.717, 1.165) is 16.8 Å². The molecule has 0 aliphatic carbocycles. The molecule has 0 spiro atoms. The Balaban J connectivity index is 1.31. The van der Waals surface area contributed by atoms with Crippen LogP contribution in [0.3, 0.4) is 0 Å². The monoisotopic (exact) mass is 635 g/mol. The number of ether oxygens (including phenoxy) is 2. The Morgan fingerprint density at radius 1 is 1.07 bits per heavy atom. The minimum atomic E-state index is -5.15. The largest absolute Gasteiger partial charge is 0.780 e. The van der Waals surface area contributed by atoms with Crippen molar-refractivity contribution in [1.82, 2.24) is 29.1 Å². The predicted molar refractivity (Wildman–Crippen MR) is 132 cm³/mol. The molecule has 3 saturated heterocycles. The van der Waals surface area contributed by atoms with Gasteiger partial charge in [0.2, 0.25) is 0 Å². The molecule has 22 heteroatoms. The SMILES string of the molecule is Nc1ncnc2c1ncn2[C@@H]1O[C@@H]2COP([O-])(=S)O[C@@H]3[C@H](F)[C@@H](COP(=O)([O-])O[C@@H]1C2)O[C@H]3n1ccc(=O)[nH]c1=O. The summed E-state index contributed by atoms with van der Waals surface area (Å²) in [7, 11) is -5.15. The lowest BCUT2D eigenvalue weighted by Gasteiger charge is -2.33. The number of imidazole rings is 1. The summed E-state index contributed by atoms with van der Waals surface area (Å²) in [5.41, 5.74) is 4.53. The number of nitrogen functional groups attached to an aromatic ring is 1. The first-order valence-corrected chi connectivity index (χ1v) is 15.9. The number of hydrogen-bond acceptors (Lipinski definition) is 16. The van der Waals surface area contributed by atoms with Crippen molar-refractivity contribution in [2.45, 2.75) is 49.5 Å². The topological polar surface area (TPSA) is 243 Å². The summed E-state index contributed by atoms with van der Waals surface area (Å²) >= 11 is 4.98. The normalized spacial score (nSPS) is 38.2. The second-order valence-electron chi connectivity index (χ2n) is 9.19. The highest BCUT2D eigenvalue weighted by Crippen LogP contribution is 2.51. The Hall–Kier alpha value is -2.48. The maximum Gasteiger partial charge on any atom is 0.330 e. The lowest BCUT2D eigenvalue weighted by atomic mass is 10.1. The van der Waals surface area contributed by atoms with Crippen LogP contribution in [0.2, 0.25) is 0 Å². The van der Waals surface area contributed by atoms with E-state index in [1.165, 1.54) is 17.2 Å². The number of aromatic amines is 1. The van der Waals surface area contributed by atoms with E-state index in [-0.39, 0.29) is 23.4 Å². The molecule has 3 aromatic rings. The van der Waals surface area contributed by atoms with Gasteiger partial charge in [0.15, 0.2) is 30.1 Å². The summed E-state index contributed by atoms with van der Waals surface area (Å²) in [6.45, 7) is -5.87. The van der Waals surface area contributed by atoms with Gasteiger partial charge in [-0.05, 0) is 0 Å². The second-order valence-corrected chi connectivity index (χ2v) is 13.3. The minimum absolute atomic E-state index is 0.0720. The average Bonchev–Trinajstić information content (AvgIpc) is 3.58. The number of alkyl halides is 1. The van der Waals surface area contributed by atoms with Gasteiger partial charge in [-0.15, -0.1) is 0 Å². The fourth-order valence-corrected chi connectivity index (χ4v) is 7.05. The van der Waals surface area contributed by atoms with E-state index in [4.69, 9.17) is 45.1 Å². The maximum atomic E-state index is 15.5. The third-order valence-corrected chi connectivity index (χ3v) is 9.06. The molecule has 3 fully saturated rings. The van der Waals surface area contributed by atoms with Crippen LogP contribution in [0.5, 0.6) is 0 Å². The standard InChI is InChI=1S/C19H22FN7O11P2S/c20-12-10-5-33-39(30,31)37-9-3-8(35-17(9)27-7-24-13-15(21)22-6-23-16(13)27)4-34-40(32,41)38-14(12)18(36-10)26-2-1-11(28)25-19(26)29/h1-2,6-10,12,14,17-18H,3-5H2,(H,30,31)(H,32,41)(H2,21,22,23)(H,25,28,29)/p-2/t8-,9+,10+,12+,14+,17+,18+,40?/m0/s1. The van der Waals surface area contributed by atoms with E-state index in [1.807, 2.05) is 4.98 Å². The fraction of sp³-hybridized carbons (Fsp3) is 0.526. The van der Waals surface area contributed by atoms with Crippen molar-refractivity contribution in [3.63, 3.8) is 0 Å². The molecule has 3 aliphatic rings. The number of halogens is 1. The summed E-state index contributed by atoms with van der Waals surface area (Å²) < 4.78 is 62.8. The maximum absolute atomic E-state index is 15.5. The molecular formula is C19H20FN7O11P2S-2. The van der Waals surface area contributed by atoms with Crippen molar-refractivity contribution in [2.75, 3.05) is 18.9 Å². The van der Waals surface area contributed by atoms with Gasteiger partial charge in [0, 0.05) is 18.7 Å². The third kappa shape index (κ3) is 5.65. The molecule has 6 heterocycles. The summed E-state index contributed by atoms with van der Waals surface area (Å²) in [4.78, 5) is 63.9. The molecule has 41 heavy (non-hydrogen) atoms. The van der Waals surface area contributed by atoms with Gasteiger partial charge in [-0.2, -0.15) is 0 Å². The lowest BCUT2D eigenvalue weighted by molar-refractivity contribution is -0.235. The number of phosphoric acid groups is 1. The predicted octanol–water partition coefficient (Wildman–Crippen LogP) is -1.65. The minimum Gasteiger partial charge on any atom is -0.780 e. The van der Waals surface area contributed by atoms with Gasteiger partial charge in [0.05, 0.1) is 25.6 Å². The Morgan fingerprint density at radius 3 is 2.66 bits per heavy atom. The molecule has 4 bridgehead atoms. The van der Waals surface area contributed by atoms with Crippen LogP contribution >= 0.6 is 14.5 Å². The highest BCUT2D eigenvalue weighted by atomic mass is 32.5. The number of nitrogens with one attached hydrogen (secondary N) is 1. The van der Waals surface area contributed by atoms with Gasteiger partial charge in [0.25, 0.3) is 13.4 Å². The first kappa shape index (κ1) is 28.6. The van der Waals surface area contributed by atoms with E-state index in [1.54, 1.807) is 0 Å². The molecule has 6 rings (SSSR count). The van der Waals surface area contributed by atoms with Gasteiger partial charge in [-0.3, -0.25) is 23.5 Å². The van der Waals surface area contributed by atoms with Crippen molar-refractivity contribution in [3.8, 4) is 0 Å². The molecule has 3 N–H and O–H groups in total.